The lowest BCUT2D eigenvalue weighted by Crippen LogP contribution is -2.28. The average Bonchev–Trinajstić information content (AvgIpc) is 3.22. The lowest BCUT2D eigenvalue weighted by atomic mass is 10.1. The van der Waals surface area contributed by atoms with Crippen LogP contribution in [0.25, 0.3) is 0 Å². The summed E-state index contributed by atoms with van der Waals surface area (Å²) in [4.78, 5) is 37.3. The third-order valence-electron chi connectivity index (χ3n) is 4.10. The zero-order chi connectivity index (χ0) is 19.6. The van der Waals surface area contributed by atoms with Crippen LogP contribution in [0, 0.1) is 12.8 Å². The first-order valence-corrected chi connectivity index (χ1v) is 9.94. The molecule has 0 aliphatic carbocycles. The maximum Gasteiger partial charge on any atom is 0.316 e. The molecule has 2 atom stereocenters. The van der Waals surface area contributed by atoms with E-state index in [1.165, 1.54) is 0 Å². The van der Waals surface area contributed by atoms with Crippen molar-refractivity contribution in [2.75, 3.05) is 16.8 Å². The van der Waals surface area contributed by atoms with E-state index in [2.05, 4.69) is 15.5 Å². The maximum absolute atomic E-state index is 12.5. The van der Waals surface area contributed by atoms with Crippen molar-refractivity contribution in [3.05, 3.63) is 29.8 Å². The molecule has 1 aromatic carbocycles. The Hall–Kier alpha value is -2.46. The molecule has 3 rings (SSSR count). The van der Waals surface area contributed by atoms with E-state index in [0.29, 0.717) is 16.0 Å². The van der Waals surface area contributed by atoms with Crippen LogP contribution in [-0.4, -0.2) is 44.9 Å². The first-order valence-electron chi connectivity index (χ1n) is 8.24. The van der Waals surface area contributed by atoms with Gasteiger partial charge in [0.15, 0.2) is 4.34 Å². The van der Waals surface area contributed by atoms with Crippen molar-refractivity contribution in [2.24, 2.45) is 5.92 Å². The summed E-state index contributed by atoms with van der Waals surface area (Å²) < 4.78 is 0.462. The van der Waals surface area contributed by atoms with E-state index in [4.69, 9.17) is 5.11 Å². The third kappa shape index (κ3) is 4.64. The Morgan fingerprint density at radius 3 is 2.70 bits per heavy atom. The second-order valence-corrected chi connectivity index (χ2v) is 8.77. The molecule has 2 aromatic rings. The molecule has 0 saturated carbocycles. The highest BCUT2D eigenvalue weighted by atomic mass is 32.2. The van der Waals surface area contributed by atoms with Gasteiger partial charge in [-0.1, -0.05) is 40.8 Å². The van der Waals surface area contributed by atoms with Crippen molar-refractivity contribution >= 4 is 51.7 Å². The van der Waals surface area contributed by atoms with Crippen molar-refractivity contribution in [1.29, 1.82) is 0 Å². The first-order chi connectivity index (χ1) is 12.8. The minimum Gasteiger partial charge on any atom is -0.480 e. The van der Waals surface area contributed by atoms with Gasteiger partial charge in [0.25, 0.3) is 0 Å². The predicted octanol–water partition coefficient (Wildman–Crippen LogP) is 2.40. The number of aryl methyl sites for hydroxylation is 1. The number of aliphatic carboxylic acids is 1. The standard InChI is InChI=1S/C17H18N4O4S2/c1-9-3-5-12(6-4-9)21-8-11(7-13(21)22)14(23)18-16-19-20-17(27-16)26-10(2)15(24)25/h3-6,10-11H,7-8H2,1-2H3,(H,24,25)(H,18,19,23)/t10-,11+/m1/s1. The van der Waals surface area contributed by atoms with Gasteiger partial charge in [-0.2, -0.15) is 0 Å². The Labute approximate surface area is 164 Å². The summed E-state index contributed by atoms with van der Waals surface area (Å²) in [5, 5.41) is 19.0. The van der Waals surface area contributed by atoms with Gasteiger partial charge in [0.1, 0.15) is 5.25 Å². The summed E-state index contributed by atoms with van der Waals surface area (Å²) in [5.74, 6) is -1.81. The van der Waals surface area contributed by atoms with Crippen molar-refractivity contribution in [2.45, 2.75) is 29.9 Å². The molecule has 27 heavy (non-hydrogen) atoms. The lowest BCUT2D eigenvalue weighted by Gasteiger charge is -2.16. The van der Waals surface area contributed by atoms with Crippen LogP contribution in [0.15, 0.2) is 28.6 Å². The number of nitrogens with one attached hydrogen (secondary N) is 1. The number of hydrogen-bond acceptors (Lipinski definition) is 7. The number of nitrogens with zero attached hydrogens (tertiary/aromatic N) is 3. The quantitative estimate of drug-likeness (QED) is 0.559. The molecule has 1 aliphatic rings. The van der Waals surface area contributed by atoms with Crippen molar-refractivity contribution in [3.63, 3.8) is 0 Å². The molecule has 0 unspecified atom stereocenters. The molecule has 1 aromatic heterocycles. The lowest BCUT2D eigenvalue weighted by molar-refractivity contribution is -0.136. The number of thioether (sulfide) groups is 1. The molecule has 1 fully saturated rings. The topological polar surface area (TPSA) is 112 Å². The molecule has 2 heterocycles. The van der Waals surface area contributed by atoms with Crippen molar-refractivity contribution in [1.82, 2.24) is 10.2 Å². The molecule has 2 amide bonds. The third-order valence-corrected chi connectivity index (χ3v) is 6.11. The maximum atomic E-state index is 12.5. The summed E-state index contributed by atoms with van der Waals surface area (Å²) in [6, 6.07) is 7.58. The number of carboxylic acids is 1. The van der Waals surface area contributed by atoms with Crippen LogP contribution in [0.3, 0.4) is 0 Å². The van der Waals surface area contributed by atoms with Crippen LogP contribution in [0.1, 0.15) is 18.9 Å². The van der Waals surface area contributed by atoms with Gasteiger partial charge in [0.05, 0.1) is 5.92 Å². The van der Waals surface area contributed by atoms with E-state index in [-0.39, 0.29) is 18.2 Å². The number of amides is 2. The van der Waals surface area contributed by atoms with E-state index in [1.807, 2.05) is 31.2 Å². The summed E-state index contributed by atoms with van der Waals surface area (Å²) in [5.41, 5.74) is 1.88. The zero-order valence-corrected chi connectivity index (χ0v) is 16.3. The second kappa shape index (κ2) is 8.05. The Morgan fingerprint density at radius 1 is 1.33 bits per heavy atom. The van der Waals surface area contributed by atoms with Crippen LogP contribution in [0.4, 0.5) is 10.8 Å². The predicted molar refractivity (Wildman–Crippen MR) is 103 cm³/mol. The van der Waals surface area contributed by atoms with E-state index >= 15 is 0 Å². The van der Waals surface area contributed by atoms with Gasteiger partial charge < -0.3 is 15.3 Å². The van der Waals surface area contributed by atoms with Gasteiger partial charge in [0, 0.05) is 18.7 Å². The normalized spacial score (nSPS) is 17.8. The largest absolute Gasteiger partial charge is 0.480 e. The van der Waals surface area contributed by atoms with Crippen molar-refractivity contribution < 1.29 is 19.5 Å². The van der Waals surface area contributed by atoms with E-state index in [9.17, 15) is 14.4 Å². The van der Waals surface area contributed by atoms with Crippen LogP contribution >= 0.6 is 23.1 Å². The highest BCUT2D eigenvalue weighted by molar-refractivity contribution is 8.02. The van der Waals surface area contributed by atoms with Gasteiger partial charge in [-0.15, -0.1) is 10.2 Å². The minimum absolute atomic E-state index is 0.0946. The van der Waals surface area contributed by atoms with Crippen LogP contribution in [0.5, 0.6) is 0 Å². The summed E-state index contributed by atoms with van der Waals surface area (Å²) in [7, 11) is 0. The summed E-state index contributed by atoms with van der Waals surface area (Å²) in [6.07, 6.45) is 0.135. The number of aromatic nitrogens is 2. The Bertz CT molecular complexity index is 868. The van der Waals surface area contributed by atoms with Crippen LogP contribution in [0.2, 0.25) is 0 Å². The van der Waals surface area contributed by atoms with E-state index in [1.54, 1.807) is 11.8 Å². The first kappa shape index (κ1) is 19.3. The smallest absolute Gasteiger partial charge is 0.316 e. The van der Waals surface area contributed by atoms with Gasteiger partial charge in [-0.3, -0.25) is 14.4 Å². The molecule has 0 spiro atoms. The zero-order valence-electron chi connectivity index (χ0n) is 14.7. The molecule has 8 nitrogen and oxygen atoms in total. The fraction of sp³-hybridized carbons (Fsp3) is 0.353. The second-order valence-electron chi connectivity index (χ2n) is 6.20. The number of carboxylic acid groups (broad SMARTS) is 1. The average molecular weight is 406 g/mol. The Kier molecular flexibility index (Phi) is 5.76. The van der Waals surface area contributed by atoms with Crippen molar-refractivity contribution in [3.8, 4) is 0 Å². The minimum atomic E-state index is -0.943. The van der Waals surface area contributed by atoms with Crippen LogP contribution in [-0.2, 0) is 14.4 Å². The monoisotopic (exact) mass is 406 g/mol. The number of rotatable bonds is 6. The fourth-order valence-corrected chi connectivity index (χ4v) is 4.41. The molecular weight excluding hydrogens is 388 g/mol. The van der Waals surface area contributed by atoms with E-state index in [0.717, 1.165) is 34.3 Å². The number of carbonyl (C=O) groups is 3. The van der Waals surface area contributed by atoms with Crippen LogP contribution < -0.4 is 10.2 Å². The Balaban J connectivity index is 1.60. The van der Waals surface area contributed by atoms with Gasteiger partial charge >= 0.3 is 5.97 Å². The summed E-state index contributed by atoms with van der Waals surface area (Å²) >= 11 is 2.17. The van der Waals surface area contributed by atoms with Gasteiger partial charge in [0.2, 0.25) is 16.9 Å². The van der Waals surface area contributed by atoms with Gasteiger partial charge in [-0.25, -0.2) is 0 Å². The van der Waals surface area contributed by atoms with Gasteiger partial charge in [-0.05, 0) is 26.0 Å². The molecule has 1 aliphatic heterocycles. The molecule has 1 saturated heterocycles. The molecule has 2 N–H and O–H groups in total. The number of carbonyl (C=O) groups excluding carboxylic acids is 2. The number of anilines is 2. The summed E-state index contributed by atoms with van der Waals surface area (Å²) in [6.45, 7) is 3.83. The molecule has 0 radical (unpaired) electrons. The highest BCUT2D eigenvalue weighted by Gasteiger charge is 2.35. The fourth-order valence-electron chi connectivity index (χ4n) is 2.57. The molecule has 10 heteroatoms. The molecule has 142 valence electrons. The SMILES string of the molecule is Cc1ccc(N2C[C@@H](C(=O)Nc3nnc(S[C@H](C)C(=O)O)s3)CC2=O)cc1. The Morgan fingerprint density at radius 2 is 2.04 bits per heavy atom. The number of hydrogen-bond donors (Lipinski definition) is 2. The number of benzene rings is 1. The molecular formula is C17H18N4O4S2. The molecule has 0 bridgehead atoms. The van der Waals surface area contributed by atoms with E-state index < -0.39 is 17.1 Å². The highest BCUT2D eigenvalue weighted by Crippen LogP contribution is 2.30.